The van der Waals surface area contributed by atoms with E-state index < -0.39 is 17.6 Å². The van der Waals surface area contributed by atoms with Crippen LogP contribution in [0.1, 0.15) is 41.5 Å². The highest BCUT2D eigenvalue weighted by Gasteiger charge is 2.17. The Morgan fingerprint density at radius 3 is 2.15 bits per heavy atom. The number of benzene rings is 1. The maximum Gasteiger partial charge on any atom is 0.408 e. The van der Waals surface area contributed by atoms with Crippen molar-refractivity contribution in [1.29, 1.82) is 0 Å². The fraction of sp³-hybridized carbons (Fsp3) is 0.450. The van der Waals surface area contributed by atoms with Crippen LogP contribution >= 0.6 is 0 Å². The number of alkyl carbamates (subject to hydrolysis) is 1. The molecule has 0 atom stereocenters. The van der Waals surface area contributed by atoms with Crippen molar-refractivity contribution < 1.29 is 19.1 Å². The van der Waals surface area contributed by atoms with Gasteiger partial charge in [-0.15, -0.1) is 0 Å². The van der Waals surface area contributed by atoms with Gasteiger partial charge < -0.3 is 20.7 Å². The second-order valence-corrected chi connectivity index (χ2v) is 7.48. The van der Waals surface area contributed by atoms with Crippen molar-refractivity contribution in [3.05, 3.63) is 35.9 Å². The lowest BCUT2D eigenvalue weighted by molar-refractivity contribution is -0.115. The van der Waals surface area contributed by atoms with Crippen LogP contribution in [0.15, 0.2) is 35.9 Å². The van der Waals surface area contributed by atoms with Crippen LogP contribution in [0.25, 0.3) is 0 Å². The number of rotatable bonds is 6. The molecule has 7 nitrogen and oxygen atoms in total. The van der Waals surface area contributed by atoms with Crippen molar-refractivity contribution in [3.63, 3.8) is 0 Å². The molecule has 0 fully saturated rings. The van der Waals surface area contributed by atoms with Gasteiger partial charge in [-0.05, 0) is 45.7 Å². The Morgan fingerprint density at radius 2 is 1.63 bits per heavy atom. The van der Waals surface area contributed by atoms with Gasteiger partial charge in [0.2, 0.25) is 11.8 Å². The summed E-state index contributed by atoms with van der Waals surface area (Å²) >= 11 is 0. The smallest absolute Gasteiger partial charge is 0.408 e. The number of hydrogen-bond donors (Lipinski definition) is 3. The monoisotopic (exact) mass is 375 g/mol. The van der Waals surface area contributed by atoms with Crippen molar-refractivity contribution in [2.45, 2.75) is 47.1 Å². The summed E-state index contributed by atoms with van der Waals surface area (Å²) in [5.74, 6) is -0.434. The van der Waals surface area contributed by atoms with Crippen LogP contribution < -0.4 is 16.0 Å². The highest BCUT2D eigenvalue weighted by atomic mass is 16.6. The van der Waals surface area contributed by atoms with Crippen molar-refractivity contribution in [1.82, 2.24) is 5.32 Å². The molecule has 0 heterocycles. The van der Waals surface area contributed by atoms with Gasteiger partial charge in [0.15, 0.2) is 0 Å². The van der Waals surface area contributed by atoms with Crippen LogP contribution in [0.2, 0.25) is 0 Å². The standard InChI is InChI=1S/C20H29N3O4/c1-13(2)14(3)11-17(24)22-15-9-7-8-10-16(15)23-18(25)12-21-19(26)27-20(4,5)6/h7-11,13H,12H2,1-6H3,(H,21,26)(H,22,24)(H,23,25)/b14-11+. The van der Waals surface area contributed by atoms with E-state index >= 15 is 0 Å². The highest BCUT2D eigenvalue weighted by Crippen LogP contribution is 2.21. The number of hydrogen-bond acceptors (Lipinski definition) is 4. The van der Waals surface area contributed by atoms with Gasteiger partial charge in [0.1, 0.15) is 12.1 Å². The van der Waals surface area contributed by atoms with Gasteiger partial charge in [-0.2, -0.15) is 0 Å². The third-order valence-electron chi connectivity index (χ3n) is 3.52. The van der Waals surface area contributed by atoms with Crippen LogP contribution in [0, 0.1) is 5.92 Å². The maximum atomic E-state index is 12.1. The fourth-order valence-corrected chi connectivity index (χ4v) is 1.90. The first kappa shape index (κ1) is 22.2. The van der Waals surface area contributed by atoms with E-state index in [2.05, 4.69) is 16.0 Å². The van der Waals surface area contributed by atoms with Gasteiger partial charge in [-0.1, -0.05) is 31.6 Å². The maximum absolute atomic E-state index is 12.1. The molecule has 1 aromatic carbocycles. The molecule has 3 N–H and O–H groups in total. The quantitative estimate of drug-likeness (QED) is 0.661. The second-order valence-electron chi connectivity index (χ2n) is 7.48. The van der Waals surface area contributed by atoms with Crippen LogP contribution in [0.3, 0.4) is 0 Å². The van der Waals surface area contributed by atoms with Gasteiger partial charge in [-0.3, -0.25) is 9.59 Å². The lowest BCUT2D eigenvalue weighted by Gasteiger charge is -2.19. The number of para-hydroxylation sites is 2. The summed E-state index contributed by atoms with van der Waals surface area (Å²) in [7, 11) is 0. The van der Waals surface area contributed by atoms with Crippen molar-refractivity contribution in [2.75, 3.05) is 17.2 Å². The van der Waals surface area contributed by atoms with Crippen LogP contribution in [0.5, 0.6) is 0 Å². The van der Waals surface area contributed by atoms with E-state index in [4.69, 9.17) is 4.74 Å². The summed E-state index contributed by atoms with van der Waals surface area (Å²) in [6, 6.07) is 6.85. The van der Waals surface area contributed by atoms with Gasteiger partial charge in [0.25, 0.3) is 0 Å². The predicted molar refractivity (Wildman–Crippen MR) is 107 cm³/mol. The molecule has 0 saturated carbocycles. The molecule has 1 rings (SSSR count). The van der Waals surface area contributed by atoms with E-state index in [1.807, 2.05) is 20.8 Å². The Morgan fingerprint density at radius 1 is 1.07 bits per heavy atom. The number of carbonyl (C=O) groups is 3. The van der Waals surface area contributed by atoms with Crippen LogP contribution in [-0.4, -0.2) is 30.1 Å². The number of nitrogens with one attached hydrogen (secondary N) is 3. The van der Waals surface area contributed by atoms with E-state index in [-0.39, 0.29) is 18.4 Å². The summed E-state index contributed by atoms with van der Waals surface area (Å²) in [4.78, 5) is 35.8. The molecular weight excluding hydrogens is 346 g/mol. The zero-order valence-corrected chi connectivity index (χ0v) is 16.8. The molecule has 0 unspecified atom stereocenters. The summed E-state index contributed by atoms with van der Waals surface area (Å²) in [6.45, 7) is 10.9. The number of carbonyl (C=O) groups excluding carboxylic acids is 3. The molecule has 0 bridgehead atoms. The molecule has 27 heavy (non-hydrogen) atoms. The average Bonchev–Trinajstić information content (AvgIpc) is 2.53. The number of amides is 3. The summed E-state index contributed by atoms with van der Waals surface area (Å²) in [5, 5.41) is 7.81. The Bertz CT molecular complexity index is 718. The van der Waals surface area contributed by atoms with Gasteiger partial charge in [0.05, 0.1) is 11.4 Å². The molecule has 0 radical (unpaired) electrons. The lowest BCUT2D eigenvalue weighted by atomic mass is 10.1. The summed E-state index contributed by atoms with van der Waals surface area (Å²) < 4.78 is 5.08. The lowest BCUT2D eigenvalue weighted by Crippen LogP contribution is -2.37. The Balaban J connectivity index is 2.69. The number of anilines is 2. The molecule has 3 amide bonds. The normalized spacial score (nSPS) is 11.7. The molecule has 0 aliphatic rings. The molecule has 148 valence electrons. The van der Waals surface area contributed by atoms with Crippen molar-refractivity contribution >= 4 is 29.3 Å². The van der Waals surface area contributed by atoms with E-state index in [1.54, 1.807) is 45.0 Å². The Kier molecular flexibility index (Phi) is 8.02. The van der Waals surface area contributed by atoms with Crippen LogP contribution in [-0.2, 0) is 14.3 Å². The first-order valence-corrected chi connectivity index (χ1v) is 8.83. The summed E-state index contributed by atoms with van der Waals surface area (Å²) in [5.41, 5.74) is 1.23. The van der Waals surface area contributed by atoms with E-state index in [9.17, 15) is 14.4 Å². The molecule has 0 aliphatic heterocycles. The molecule has 0 aliphatic carbocycles. The molecule has 0 saturated heterocycles. The van der Waals surface area contributed by atoms with Gasteiger partial charge in [0, 0.05) is 6.08 Å². The molecule has 7 heteroatoms. The first-order chi connectivity index (χ1) is 12.5. The second kappa shape index (κ2) is 9.75. The van der Waals surface area contributed by atoms with Crippen molar-refractivity contribution in [3.8, 4) is 0 Å². The number of ether oxygens (including phenoxy) is 1. The minimum atomic E-state index is -0.673. The molecular formula is C20H29N3O4. The van der Waals surface area contributed by atoms with Crippen LogP contribution in [0.4, 0.5) is 16.2 Å². The molecule has 1 aromatic rings. The zero-order chi connectivity index (χ0) is 20.6. The zero-order valence-electron chi connectivity index (χ0n) is 16.8. The van der Waals surface area contributed by atoms with Crippen molar-refractivity contribution in [2.24, 2.45) is 5.92 Å². The first-order valence-electron chi connectivity index (χ1n) is 8.83. The Labute approximate surface area is 160 Å². The van der Waals surface area contributed by atoms with E-state index in [0.29, 0.717) is 11.4 Å². The van der Waals surface area contributed by atoms with Gasteiger partial charge in [-0.25, -0.2) is 4.79 Å². The average molecular weight is 375 g/mol. The number of allylic oxidation sites excluding steroid dienone is 1. The van der Waals surface area contributed by atoms with E-state index in [0.717, 1.165) is 5.57 Å². The van der Waals surface area contributed by atoms with Gasteiger partial charge >= 0.3 is 6.09 Å². The Hall–Kier alpha value is -2.83. The molecule has 0 aromatic heterocycles. The minimum absolute atomic E-state index is 0.246. The fourth-order valence-electron chi connectivity index (χ4n) is 1.90. The molecule has 0 spiro atoms. The third-order valence-corrected chi connectivity index (χ3v) is 3.52. The predicted octanol–water partition coefficient (Wildman–Crippen LogP) is 3.69. The van der Waals surface area contributed by atoms with E-state index in [1.165, 1.54) is 6.08 Å². The SMILES string of the molecule is C/C(=C\C(=O)Nc1ccccc1NC(=O)CNC(=O)OC(C)(C)C)C(C)C. The highest BCUT2D eigenvalue weighted by molar-refractivity contribution is 6.04. The minimum Gasteiger partial charge on any atom is -0.444 e. The summed E-state index contributed by atoms with van der Waals surface area (Å²) in [6.07, 6.45) is 0.862. The largest absolute Gasteiger partial charge is 0.444 e. The topological polar surface area (TPSA) is 96.5 Å². The third kappa shape index (κ3) is 8.89.